The quantitative estimate of drug-likeness (QED) is 0.819. The van der Waals surface area contributed by atoms with Crippen LogP contribution in [0, 0.1) is 5.92 Å². The summed E-state index contributed by atoms with van der Waals surface area (Å²) >= 11 is 6.25. The standard InChI is InChI=1S/C13H16ClN3/c14-10-5-3-4-9(10)8-15-13-16-11-6-1-2-7-12(11)17-13/h1-2,6-7,9-10H,3-5,8H2,(H2,15,16,17). The van der Waals surface area contributed by atoms with E-state index in [1.54, 1.807) is 0 Å². The van der Waals surface area contributed by atoms with Crippen molar-refractivity contribution in [3.63, 3.8) is 0 Å². The monoisotopic (exact) mass is 249 g/mol. The summed E-state index contributed by atoms with van der Waals surface area (Å²) in [6, 6.07) is 8.05. The molecule has 90 valence electrons. The number of anilines is 1. The van der Waals surface area contributed by atoms with Crippen molar-refractivity contribution in [1.29, 1.82) is 0 Å². The second kappa shape index (κ2) is 4.57. The van der Waals surface area contributed by atoms with Gasteiger partial charge in [0.15, 0.2) is 0 Å². The smallest absolute Gasteiger partial charge is 0.201 e. The maximum Gasteiger partial charge on any atom is 0.201 e. The Morgan fingerprint density at radius 1 is 1.35 bits per heavy atom. The first kappa shape index (κ1) is 10.9. The molecule has 1 aromatic carbocycles. The molecular formula is C13H16ClN3. The van der Waals surface area contributed by atoms with E-state index in [1.165, 1.54) is 12.8 Å². The van der Waals surface area contributed by atoms with E-state index >= 15 is 0 Å². The average molecular weight is 250 g/mol. The highest BCUT2D eigenvalue weighted by atomic mass is 35.5. The zero-order valence-corrected chi connectivity index (χ0v) is 10.4. The number of rotatable bonds is 3. The molecule has 3 rings (SSSR count). The van der Waals surface area contributed by atoms with Crippen molar-refractivity contribution in [2.75, 3.05) is 11.9 Å². The normalized spacial score (nSPS) is 24.3. The van der Waals surface area contributed by atoms with E-state index in [1.807, 2.05) is 24.3 Å². The van der Waals surface area contributed by atoms with Gasteiger partial charge >= 0.3 is 0 Å². The fraction of sp³-hybridized carbons (Fsp3) is 0.462. The van der Waals surface area contributed by atoms with Crippen molar-refractivity contribution in [2.24, 2.45) is 5.92 Å². The summed E-state index contributed by atoms with van der Waals surface area (Å²) < 4.78 is 0. The van der Waals surface area contributed by atoms with E-state index in [0.717, 1.165) is 29.9 Å². The molecule has 1 saturated carbocycles. The van der Waals surface area contributed by atoms with E-state index < -0.39 is 0 Å². The molecule has 0 saturated heterocycles. The van der Waals surface area contributed by atoms with E-state index in [9.17, 15) is 0 Å². The molecule has 3 nitrogen and oxygen atoms in total. The average Bonchev–Trinajstić information content (AvgIpc) is 2.92. The summed E-state index contributed by atoms with van der Waals surface area (Å²) in [7, 11) is 0. The Hall–Kier alpha value is -1.22. The predicted octanol–water partition coefficient (Wildman–Crippen LogP) is 3.38. The number of fused-ring (bicyclic) bond motifs is 1. The molecule has 4 heteroatoms. The number of nitrogens with one attached hydrogen (secondary N) is 2. The van der Waals surface area contributed by atoms with Crippen LogP contribution in [-0.4, -0.2) is 21.9 Å². The molecule has 2 aromatic rings. The Morgan fingerprint density at radius 2 is 2.24 bits per heavy atom. The predicted molar refractivity (Wildman–Crippen MR) is 71.6 cm³/mol. The molecule has 0 bridgehead atoms. The highest BCUT2D eigenvalue weighted by molar-refractivity contribution is 6.21. The Labute approximate surface area is 106 Å². The lowest BCUT2D eigenvalue weighted by Gasteiger charge is -2.13. The lowest BCUT2D eigenvalue weighted by atomic mass is 10.1. The van der Waals surface area contributed by atoms with Crippen molar-refractivity contribution < 1.29 is 0 Å². The van der Waals surface area contributed by atoms with Gasteiger partial charge in [-0.05, 0) is 30.9 Å². The fourth-order valence-electron chi connectivity index (χ4n) is 2.49. The number of imidazole rings is 1. The van der Waals surface area contributed by atoms with Crippen LogP contribution in [0.2, 0.25) is 0 Å². The summed E-state index contributed by atoms with van der Waals surface area (Å²) in [5, 5.41) is 3.68. The number of H-pyrrole nitrogens is 1. The first-order valence-corrected chi connectivity index (χ1v) is 6.59. The van der Waals surface area contributed by atoms with Crippen LogP contribution in [0.15, 0.2) is 24.3 Å². The Balaban J connectivity index is 1.68. The largest absolute Gasteiger partial charge is 0.355 e. The minimum Gasteiger partial charge on any atom is -0.355 e. The van der Waals surface area contributed by atoms with Gasteiger partial charge in [-0.15, -0.1) is 11.6 Å². The topological polar surface area (TPSA) is 40.7 Å². The molecule has 0 aliphatic heterocycles. The number of benzene rings is 1. The fourth-order valence-corrected chi connectivity index (χ4v) is 2.86. The number of nitrogens with zero attached hydrogens (tertiary/aromatic N) is 1. The third-order valence-corrected chi connectivity index (χ3v) is 4.06. The van der Waals surface area contributed by atoms with Crippen molar-refractivity contribution >= 4 is 28.6 Å². The first-order valence-electron chi connectivity index (χ1n) is 6.15. The van der Waals surface area contributed by atoms with Gasteiger partial charge in [-0.3, -0.25) is 0 Å². The number of aromatic amines is 1. The van der Waals surface area contributed by atoms with Gasteiger partial charge in [-0.1, -0.05) is 18.6 Å². The van der Waals surface area contributed by atoms with E-state index in [-0.39, 0.29) is 0 Å². The van der Waals surface area contributed by atoms with Gasteiger partial charge in [0.05, 0.1) is 11.0 Å². The van der Waals surface area contributed by atoms with Crippen LogP contribution in [0.25, 0.3) is 11.0 Å². The van der Waals surface area contributed by atoms with E-state index in [0.29, 0.717) is 11.3 Å². The molecule has 1 aliphatic rings. The zero-order chi connectivity index (χ0) is 11.7. The lowest BCUT2D eigenvalue weighted by molar-refractivity contribution is 0.584. The molecule has 1 fully saturated rings. The van der Waals surface area contributed by atoms with Gasteiger partial charge < -0.3 is 10.3 Å². The molecule has 17 heavy (non-hydrogen) atoms. The third kappa shape index (κ3) is 2.25. The first-order chi connectivity index (χ1) is 8.33. The maximum atomic E-state index is 6.25. The number of alkyl halides is 1. The van der Waals surface area contributed by atoms with Gasteiger partial charge in [-0.25, -0.2) is 4.98 Å². The second-order valence-electron chi connectivity index (χ2n) is 4.69. The van der Waals surface area contributed by atoms with Crippen LogP contribution in [0.4, 0.5) is 5.95 Å². The summed E-state index contributed by atoms with van der Waals surface area (Å²) in [6.45, 7) is 0.911. The molecular weight excluding hydrogens is 234 g/mol. The summed E-state index contributed by atoms with van der Waals surface area (Å²) in [6.07, 6.45) is 3.62. The van der Waals surface area contributed by atoms with Crippen molar-refractivity contribution in [3.8, 4) is 0 Å². The molecule has 1 heterocycles. The van der Waals surface area contributed by atoms with Crippen molar-refractivity contribution in [3.05, 3.63) is 24.3 Å². The van der Waals surface area contributed by atoms with Gasteiger partial charge in [0, 0.05) is 11.9 Å². The minimum atomic E-state index is 0.326. The molecule has 0 spiro atoms. The van der Waals surface area contributed by atoms with E-state index in [2.05, 4.69) is 15.3 Å². The van der Waals surface area contributed by atoms with Crippen LogP contribution in [0.5, 0.6) is 0 Å². The maximum absolute atomic E-state index is 6.25. The van der Waals surface area contributed by atoms with Crippen molar-refractivity contribution in [2.45, 2.75) is 24.6 Å². The van der Waals surface area contributed by atoms with Gasteiger partial charge in [0.25, 0.3) is 0 Å². The van der Waals surface area contributed by atoms with Crippen LogP contribution in [0.1, 0.15) is 19.3 Å². The molecule has 2 unspecified atom stereocenters. The summed E-state index contributed by atoms with van der Waals surface area (Å²) in [4.78, 5) is 7.76. The Bertz CT molecular complexity index is 475. The van der Waals surface area contributed by atoms with Crippen LogP contribution >= 0.6 is 11.6 Å². The Kier molecular flexibility index (Phi) is 2.93. The number of para-hydroxylation sites is 2. The van der Waals surface area contributed by atoms with Gasteiger partial charge in [0.2, 0.25) is 5.95 Å². The number of halogens is 1. The molecule has 0 radical (unpaired) electrons. The lowest BCUT2D eigenvalue weighted by Crippen LogP contribution is -2.18. The number of hydrogen-bond acceptors (Lipinski definition) is 2. The van der Waals surface area contributed by atoms with Gasteiger partial charge in [0.1, 0.15) is 0 Å². The molecule has 0 amide bonds. The summed E-state index contributed by atoms with van der Waals surface area (Å²) in [5.41, 5.74) is 2.08. The van der Waals surface area contributed by atoms with Crippen LogP contribution in [-0.2, 0) is 0 Å². The van der Waals surface area contributed by atoms with Crippen LogP contribution in [0.3, 0.4) is 0 Å². The molecule has 2 atom stereocenters. The third-order valence-electron chi connectivity index (χ3n) is 3.49. The Morgan fingerprint density at radius 3 is 3.00 bits per heavy atom. The number of aromatic nitrogens is 2. The molecule has 1 aliphatic carbocycles. The highest BCUT2D eigenvalue weighted by Crippen LogP contribution is 2.30. The molecule has 1 aromatic heterocycles. The SMILES string of the molecule is ClC1CCCC1CNc1nc2ccccc2[nH]1. The van der Waals surface area contributed by atoms with Crippen LogP contribution < -0.4 is 5.32 Å². The highest BCUT2D eigenvalue weighted by Gasteiger charge is 2.24. The number of hydrogen-bond donors (Lipinski definition) is 2. The molecule has 2 N–H and O–H groups in total. The zero-order valence-electron chi connectivity index (χ0n) is 9.62. The van der Waals surface area contributed by atoms with Gasteiger partial charge in [-0.2, -0.15) is 0 Å². The van der Waals surface area contributed by atoms with E-state index in [4.69, 9.17) is 11.6 Å². The minimum absolute atomic E-state index is 0.326. The summed E-state index contributed by atoms with van der Waals surface area (Å²) in [5.74, 6) is 1.42. The second-order valence-corrected chi connectivity index (χ2v) is 5.25. The van der Waals surface area contributed by atoms with Crippen molar-refractivity contribution in [1.82, 2.24) is 9.97 Å².